The third kappa shape index (κ3) is 2.85. The Kier molecular flexibility index (Phi) is 4.14. The maximum atomic E-state index is 14.5. The van der Waals surface area contributed by atoms with E-state index in [2.05, 4.69) is 4.98 Å². The fourth-order valence-electron chi connectivity index (χ4n) is 2.86. The largest absolute Gasteiger partial charge is 0.387 e. The van der Waals surface area contributed by atoms with Crippen LogP contribution >= 0.6 is 0 Å². The van der Waals surface area contributed by atoms with Crippen LogP contribution in [-0.4, -0.2) is 33.0 Å². The van der Waals surface area contributed by atoms with Crippen LogP contribution < -0.4 is 11.4 Å². The van der Waals surface area contributed by atoms with Gasteiger partial charge in [-0.25, -0.2) is 9.18 Å². The molecule has 7 heteroatoms. The lowest BCUT2D eigenvalue weighted by molar-refractivity contribution is -0.0363. The number of alkyl halides is 1. The second kappa shape index (κ2) is 6.10. The Bertz CT molecular complexity index is 737. The summed E-state index contributed by atoms with van der Waals surface area (Å²) in [4.78, 5) is 15.4. The molecule has 6 nitrogen and oxygen atoms in total. The number of rotatable bonds is 3. The van der Waals surface area contributed by atoms with Crippen LogP contribution in [0.4, 0.5) is 10.2 Å². The van der Waals surface area contributed by atoms with Crippen LogP contribution in [0.5, 0.6) is 0 Å². The van der Waals surface area contributed by atoms with Gasteiger partial charge in [0.05, 0.1) is 6.10 Å². The quantitative estimate of drug-likeness (QED) is 0.888. The van der Waals surface area contributed by atoms with Crippen molar-refractivity contribution in [2.75, 3.05) is 5.73 Å². The molecule has 0 saturated carbocycles. The van der Waals surface area contributed by atoms with Crippen LogP contribution in [0.3, 0.4) is 0 Å². The van der Waals surface area contributed by atoms with Gasteiger partial charge >= 0.3 is 5.69 Å². The highest BCUT2D eigenvalue weighted by molar-refractivity contribution is 5.24. The van der Waals surface area contributed by atoms with Gasteiger partial charge in [-0.15, -0.1) is 0 Å². The van der Waals surface area contributed by atoms with Crippen molar-refractivity contribution in [1.82, 2.24) is 9.55 Å². The lowest BCUT2D eigenvalue weighted by Gasteiger charge is -2.22. The van der Waals surface area contributed by atoms with Crippen molar-refractivity contribution in [1.29, 1.82) is 0 Å². The van der Waals surface area contributed by atoms with Crippen LogP contribution in [0, 0.1) is 0 Å². The van der Waals surface area contributed by atoms with Gasteiger partial charge in [-0.1, -0.05) is 37.3 Å². The van der Waals surface area contributed by atoms with Gasteiger partial charge in [-0.3, -0.25) is 4.57 Å². The molecule has 0 radical (unpaired) electrons. The van der Waals surface area contributed by atoms with Crippen LogP contribution in [-0.2, 0) is 4.74 Å². The number of nitrogens with two attached hydrogens (primary N) is 1. The molecule has 1 aliphatic rings. The highest BCUT2D eigenvalue weighted by Crippen LogP contribution is 2.37. The fraction of sp³-hybridized carbons (Fsp3) is 0.375. The summed E-state index contributed by atoms with van der Waals surface area (Å²) in [5, 5.41) is 10.2. The van der Waals surface area contributed by atoms with Crippen LogP contribution in [0.1, 0.15) is 24.6 Å². The Morgan fingerprint density at radius 3 is 2.70 bits per heavy atom. The Labute approximate surface area is 132 Å². The summed E-state index contributed by atoms with van der Waals surface area (Å²) >= 11 is 0. The number of hydrogen-bond donors (Lipinski definition) is 2. The van der Waals surface area contributed by atoms with E-state index in [0.717, 1.165) is 10.1 Å². The summed E-state index contributed by atoms with van der Waals surface area (Å²) in [6.45, 7) is 1.85. The van der Waals surface area contributed by atoms with E-state index in [4.69, 9.17) is 10.5 Å². The van der Waals surface area contributed by atoms with E-state index < -0.39 is 30.3 Å². The first-order valence-electron chi connectivity index (χ1n) is 7.36. The number of halogens is 1. The number of anilines is 1. The Morgan fingerprint density at radius 1 is 1.35 bits per heavy atom. The SMILES string of the molecule is C[C@H](c1ccccc1)[C@@H]1O[C@@H](n2ccc(N)nc2=O)[C@H](F)[C@@H]1O. The van der Waals surface area contributed by atoms with Gasteiger partial charge in [0, 0.05) is 12.1 Å². The standard InChI is InChI=1S/C16H18FN3O3/c1-9(10-5-3-2-4-6-10)14-13(21)12(17)15(23-14)20-8-7-11(18)19-16(20)22/h2-9,12-15,21H,1H3,(H2,18,19,22)/t9-,12-,13+,14+,15-/m1/s1. The zero-order valence-electron chi connectivity index (χ0n) is 12.5. The molecule has 1 aromatic heterocycles. The number of aliphatic hydroxyl groups excluding tert-OH is 1. The van der Waals surface area contributed by atoms with E-state index in [0.29, 0.717) is 0 Å². The predicted molar refractivity (Wildman–Crippen MR) is 82.6 cm³/mol. The van der Waals surface area contributed by atoms with Crippen molar-refractivity contribution in [2.24, 2.45) is 0 Å². The topological polar surface area (TPSA) is 90.4 Å². The molecular formula is C16H18FN3O3. The van der Waals surface area contributed by atoms with Crippen LogP contribution in [0.15, 0.2) is 47.4 Å². The molecule has 2 aromatic rings. The highest BCUT2D eigenvalue weighted by atomic mass is 19.1. The van der Waals surface area contributed by atoms with Crippen molar-refractivity contribution in [3.05, 3.63) is 58.6 Å². The lowest BCUT2D eigenvalue weighted by atomic mass is 9.92. The average molecular weight is 319 g/mol. The van der Waals surface area contributed by atoms with Crippen molar-refractivity contribution in [3.8, 4) is 0 Å². The minimum Gasteiger partial charge on any atom is -0.387 e. The fourth-order valence-corrected chi connectivity index (χ4v) is 2.86. The van der Waals surface area contributed by atoms with E-state index >= 15 is 0 Å². The highest BCUT2D eigenvalue weighted by Gasteiger charge is 2.47. The molecule has 0 aliphatic carbocycles. The molecule has 0 unspecified atom stereocenters. The molecule has 1 saturated heterocycles. The van der Waals surface area contributed by atoms with Gasteiger partial charge in [0.15, 0.2) is 12.4 Å². The second-order valence-corrected chi connectivity index (χ2v) is 5.67. The minimum absolute atomic E-state index is 0.0504. The minimum atomic E-state index is -1.73. The molecule has 0 bridgehead atoms. The smallest absolute Gasteiger partial charge is 0.351 e. The van der Waals surface area contributed by atoms with Crippen molar-refractivity contribution in [3.63, 3.8) is 0 Å². The number of hydrogen-bond acceptors (Lipinski definition) is 5. The lowest BCUT2D eigenvalue weighted by Crippen LogP contribution is -2.33. The summed E-state index contributed by atoms with van der Waals surface area (Å²) < 4.78 is 21.2. The van der Waals surface area contributed by atoms with Crippen molar-refractivity contribution in [2.45, 2.75) is 37.4 Å². The third-order valence-corrected chi connectivity index (χ3v) is 4.18. The summed E-state index contributed by atoms with van der Waals surface area (Å²) in [5.74, 6) is -0.179. The van der Waals surface area contributed by atoms with Gasteiger partial charge in [0.1, 0.15) is 11.9 Å². The monoisotopic (exact) mass is 319 g/mol. The number of ether oxygens (including phenoxy) is 1. The molecule has 23 heavy (non-hydrogen) atoms. The van der Waals surface area contributed by atoms with Gasteiger partial charge in [-0.2, -0.15) is 4.98 Å². The van der Waals surface area contributed by atoms with Gasteiger partial charge < -0.3 is 15.6 Å². The second-order valence-electron chi connectivity index (χ2n) is 5.67. The molecule has 1 aliphatic heterocycles. The molecule has 5 atom stereocenters. The first kappa shape index (κ1) is 15.6. The van der Waals surface area contributed by atoms with E-state index in [-0.39, 0.29) is 11.7 Å². The number of nitrogens with zero attached hydrogens (tertiary/aromatic N) is 2. The summed E-state index contributed by atoms with van der Waals surface area (Å²) in [7, 11) is 0. The Morgan fingerprint density at radius 2 is 2.04 bits per heavy atom. The number of benzene rings is 1. The normalized spacial score (nSPS) is 28.7. The third-order valence-electron chi connectivity index (χ3n) is 4.18. The molecular weight excluding hydrogens is 301 g/mol. The molecule has 2 heterocycles. The zero-order chi connectivity index (χ0) is 16.6. The first-order valence-corrected chi connectivity index (χ1v) is 7.36. The molecule has 122 valence electrons. The zero-order valence-corrected chi connectivity index (χ0v) is 12.5. The molecule has 1 fully saturated rings. The summed E-state index contributed by atoms with van der Waals surface area (Å²) in [6, 6.07) is 10.8. The van der Waals surface area contributed by atoms with Gasteiger partial charge in [0.2, 0.25) is 0 Å². The van der Waals surface area contributed by atoms with Crippen molar-refractivity contribution < 1.29 is 14.2 Å². The summed E-state index contributed by atoms with van der Waals surface area (Å²) in [5.41, 5.74) is 5.64. The van der Waals surface area contributed by atoms with E-state index in [1.54, 1.807) is 0 Å². The molecule has 3 rings (SSSR count). The van der Waals surface area contributed by atoms with Gasteiger partial charge in [0.25, 0.3) is 0 Å². The molecule has 0 spiro atoms. The Hall–Kier alpha value is -2.25. The first-order chi connectivity index (χ1) is 11.0. The van der Waals surface area contributed by atoms with E-state index in [1.165, 1.54) is 12.3 Å². The maximum Gasteiger partial charge on any atom is 0.351 e. The Balaban J connectivity index is 1.88. The number of nitrogen functional groups attached to an aromatic ring is 1. The summed E-state index contributed by atoms with van der Waals surface area (Å²) in [6.07, 6.45) is -3.72. The molecule has 1 aromatic carbocycles. The molecule has 0 amide bonds. The van der Waals surface area contributed by atoms with Gasteiger partial charge in [-0.05, 0) is 11.6 Å². The molecule has 3 N–H and O–H groups in total. The average Bonchev–Trinajstić information content (AvgIpc) is 2.84. The van der Waals surface area contributed by atoms with E-state index in [9.17, 15) is 14.3 Å². The maximum absolute atomic E-state index is 14.5. The van der Waals surface area contributed by atoms with E-state index in [1.807, 2.05) is 37.3 Å². The van der Waals surface area contributed by atoms with Crippen LogP contribution in [0.25, 0.3) is 0 Å². The number of aromatic nitrogens is 2. The van der Waals surface area contributed by atoms with Crippen LogP contribution in [0.2, 0.25) is 0 Å². The number of aliphatic hydroxyl groups is 1. The van der Waals surface area contributed by atoms with Crippen molar-refractivity contribution >= 4 is 5.82 Å². The predicted octanol–water partition coefficient (Wildman–Crippen LogP) is 1.23.